The smallest absolute Gasteiger partial charge is 0.257 e. The van der Waals surface area contributed by atoms with E-state index in [1.807, 2.05) is 12.1 Å². The summed E-state index contributed by atoms with van der Waals surface area (Å²) in [5.41, 5.74) is 4.29. The Morgan fingerprint density at radius 1 is 1.10 bits per heavy atom. The van der Waals surface area contributed by atoms with Gasteiger partial charge in [-0.1, -0.05) is 23.9 Å². The van der Waals surface area contributed by atoms with Crippen LogP contribution >= 0.6 is 11.8 Å². The molecule has 0 N–H and O–H groups in total. The van der Waals surface area contributed by atoms with Gasteiger partial charge in [-0.05, 0) is 61.1 Å². The van der Waals surface area contributed by atoms with E-state index in [0.29, 0.717) is 21.9 Å². The van der Waals surface area contributed by atoms with Gasteiger partial charge in [-0.25, -0.2) is 17.7 Å². The molecule has 2 aromatic carbocycles. The summed E-state index contributed by atoms with van der Waals surface area (Å²) in [5, 5.41) is 0.353. The standard InChI is InChI=1S/C21H22N2O4S2/c1-23(2)29(25,26)17-9-10-20-18(12-17)22-21(27-20)28-13-19(24)16-8-7-14-5-3-4-6-15(14)11-16/h7-12H,3-6,13H2,1-2H3. The molecular weight excluding hydrogens is 408 g/mol. The van der Waals surface area contributed by atoms with Crippen LogP contribution in [-0.2, 0) is 22.9 Å². The maximum absolute atomic E-state index is 12.6. The Kier molecular flexibility index (Phi) is 5.50. The number of nitrogens with zero attached hydrogens (tertiary/aromatic N) is 2. The summed E-state index contributed by atoms with van der Waals surface area (Å²) >= 11 is 1.22. The second-order valence-corrected chi connectivity index (χ2v) is 10.4. The van der Waals surface area contributed by atoms with Crippen molar-refractivity contribution in [2.75, 3.05) is 19.8 Å². The van der Waals surface area contributed by atoms with E-state index < -0.39 is 10.0 Å². The summed E-state index contributed by atoms with van der Waals surface area (Å²) in [6, 6.07) is 10.6. The minimum Gasteiger partial charge on any atom is -0.431 e. The van der Waals surface area contributed by atoms with Crippen LogP contribution in [0.4, 0.5) is 0 Å². The molecule has 1 aliphatic carbocycles. The normalized spacial score (nSPS) is 14.3. The summed E-state index contributed by atoms with van der Waals surface area (Å²) in [7, 11) is -0.574. The zero-order valence-electron chi connectivity index (χ0n) is 16.3. The Balaban J connectivity index is 1.49. The number of ketones is 1. The maximum Gasteiger partial charge on any atom is 0.257 e. The number of fused-ring (bicyclic) bond motifs is 2. The van der Waals surface area contributed by atoms with Crippen molar-refractivity contribution < 1.29 is 17.6 Å². The summed E-state index contributed by atoms with van der Waals surface area (Å²) in [6.07, 6.45) is 4.51. The zero-order chi connectivity index (χ0) is 20.6. The van der Waals surface area contributed by atoms with Crippen LogP contribution in [0.25, 0.3) is 11.1 Å². The number of benzene rings is 2. The maximum atomic E-state index is 12.6. The molecular formula is C21H22N2O4S2. The van der Waals surface area contributed by atoms with Crippen LogP contribution in [0.2, 0.25) is 0 Å². The number of thioether (sulfide) groups is 1. The molecule has 0 radical (unpaired) electrons. The molecule has 0 aliphatic heterocycles. The fourth-order valence-electron chi connectivity index (χ4n) is 3.44. The van der Waals surface area contributed by atoms with Crippen molar-refractivity contribution in [3.8, 4) is 0 Å². The van der Waals surface area contributed by atoms with Gasteiger partial charge < -0.3 is 4.42 Å². The summed E-state index contributed by atoms with van der Waals surface area (Å²) in [6.45, 7) is 0. The highest BCUT2D eigenvalue weighted by Crippen LogP contribution is 2.27. The first-order chi connectivity index (χ1) is 13.8. The van der Waals surface area contributed by atoms with E-state index in [1.165, 1.54) is 62.0 Å². The molecule has 0 fully saturated rings. The lowest BCUT2D eigenvalue weighted by Crippen LogP contribution is -2.22. The van der Waals surface area contributed by atoms with Gasteiger partial charge in [-0.2, -0.15) is 0 Å². The van der Waals surface area contributed by atoms with Crippen molar-refractivity contribution in [2.45, 2.75) is 35.8 Å². The SMILES string of the molecule is CN(C)S(=O)(=O)c1ccc2oc(SCC(=O)c3ccc4c(c3)CCCC4)nc2c1. The van der Waals surface area contributed by atoms with Crippen LogP contribution in [-0.4, -0.2) is 43.3 Å². The van der Waals surface area contributed by atoms with E-state index >= 15 is 0 Å². The topological polar surface area (TPSA) is 80.5 Å². The fourth-order valence-corrected chi connectivity index (χ4v) is 5.09. The average molecular weight is 431 g/mol. The van der Waals surface area contributed by atoms with Gasteiger partial charge in [0.05, 0.1) is 10.6 Å². The van der Waals surface area contributed by atoms with Gasteiger partial charge in [0.25, 0.3) is 5.22 Å². The predicted molar refractivity (Wildman–Crippen MR) is 113 cm³/mol. The van der Waals surface area contributed by atoms with Crippen molar-refractivity contribution >= 4 is 38.7 Å². The Morgan fingerprint density at radius 3 is 2.62 bits per heavy atom. The van der Waals surface area contributed by atoms with Gasteiger partial charge in [-0.15, -0.1) is 0 Å². The first kappa shape index (κ1) is 20.1. The average Bonchev–Trinajstić information content (AvgIpc) is 3.13. The second-order valence-electron chi connectivity index (χ2n) is 7.30. The van der Waals surface area contributed by atoms with Crippen LogP contribution in [0.15, 0.2) is 50.9 Å². The number of sulfonamides is 1. The first-order valence-electron chi connectivity index (χ1n) is 9.45. The molecule has 0 atom stereocenters. The Bertz CT molecular complexity index is 1180. The highest BCUT2D eigenvalue weighted by atomic mass is 32.2. The molecule has 0 bridgehead atoms. The van der Waals surface area contributed by atoms with Gasteiger partial charge in [0.15, 0.2) is 11.4 Å². The lowest BCUT2D eigenvalue weighted by molar-refractivity contribution is 0.102. The van der Waals surface area contributed by atoms with Crippen LogP contribution < -0.4 is 0 Å². The fraction of sp³-hybridized carbons (Fsp3) is 0.333. The van der Waals surface area contributed by atoms with E-state index in [0.717, 1.165) is 17.1 Å². The van der Waals surface area contributed by atoms with Crippen LogP contribution in [0, 0.1) is 0 Å². The molecule has 1 aromatic heterocycles. The molecule has 0 saturated carbocycles. The third kappa shape index (κ3) is 4.10. The van der Waals surface area contributed by atoms with Gasteiger partial charge >= 0.3 is 0 Å². The van der Waals surface area contributed by atoms with Gasteiger partial charge in [0, 0.05) is 19.7 Å². The number of carbonyl (C=O) groups is 1. The first-order valence-corrected chi connectivity index (χ1v) is 11.9. The van der Waals surface area contributed by atoms with E-state index in [2.05, 4.69) is 11.1 Å². The summed E-state index contributed by atoms with van der Waals surface area (Å²) < 4.78 is 31.4. The van der Waals surface area contributed by atoms with Crippen LogP contribution in [0.5, 0.6) is 0 Å². The number of hydrogen-bond acceptors (Lipinski definition) is 6. The molecule has 8 heteroatoms. The zero-order valence-corrected chi connectivity index (χ0v) is 18.0. The van der Waals surface area contributed by atoms with Crippen molar-refractivity contribution in [3.05, 3.63) is 53.1 Å². The van der Waals surface area contributed by atoms with E-state index in [9.17, 15) is 13.2 Å². The van der Waals surface area contributed by atoms with E-state index in [-0.39, 0.29) is 16.4 Å². The number of aromatic nitrogens is 1. The van der Waals surface area contributed by atoms with Gasteiger partial charge in [0.1, 0.15) is 5.52 Å². The molecule has 152 valence electrons. The van der Waals surface area contributed by atoms with E-state index in [4.69, 9.17) is 4.42 Å². The lowest BCUT2D eigenvalue weighted by Gasteiger charge is -2.16. The van der Waals surface area contributed by atoms with Crippen molar-refractivity contribution in [3.63, 3.8) is 0 Å². The van der Waals surface area contributed by atoms with Crippen LogP contribution in [0.3, 0.4) is 0 Å². The molecule has 4 rings (SSSR count). The molecule has 29 heavy (non-hydrogen) atoms. The molecule has 1 aliphatic rings. The number of aryl methyl sites for hydroxylation is 2. The molecule has 6 nitrogen and oxygen atoms in total. The third-order valence-electron chi connectivity index (χ3n) is 5.12. The molecule has 0 spiro atoms. The third-order valence-corrected chi connectivity index (χ3v) is 7.75. The quantitative estimate of drug-likeness (QED) is 0.435. The van der Waals surface area contributed by atoms with Crippen molar-refractivity contribution in [2.24, 2.45) is 0 Å². The monoisotopic (exact) mass is 430 g/mol. The molecule has 0 unspecified atom stereocenters. The number of hydrogen-bond donors (Lipinski definition) is 0. The second kappa shape index (κ2) is 7.93. The number of oxazole rings is 1. The highest BCUT2D eigenvalue weighted by molar-refractivity contribution is 7.99. The minimum atomic E-state index is -3.54. The van der Waals surface area contributed by atoms with E-state index in [1.54, 1.807) is 6.07 Å². The number of rotatable bonds is 6. The number of carbonyl (C=O) groups excluding carboxylic acids is 1. The van der Waals surface area contributed by atoms with Crippen LogP contribution in [0.1, 0.15) is 34.3 Å². The Morgan fingerprint density at radius 2 is 1.86 bits per heavy atom. The van der Waals surface area contributed by atoms with Gasteiger partial charge in [-0.3, -0.25) is 4.79 Å². The lowest BCUT2D eigenvalue weighted by atomic mass is 9.90. The largest absolute Gasteiger partial charge is 0.431 e. The Labute approximate surface area is 174 Å². The van der Waals surface area contributed by atoms with Gasteiger partial charge in [0.2, 0.25) is 10.0 Å². The summed E-state index contributed by atoms with van der Waals surface area (Å²) in [5.74, 6) is 0.246. The predicted octanol–water partition coefficient (Wildman–Crippen LogP) is 3.93. The molecule has 1 heterocycles. The summed E-state index contributed by atoms with van der Waals surface area (Å²) in [4.78, 5) is 17.1. The molecule has 0 saturated heterocycles. The van der Waals surface area contributed by atoms with Crippen molar-refractivity contribution in [1.82, 2.24) is 9.29 Å². The number of Topliss-reactive ketones (excluding diaryl/α,β-unsaturated/α-hetero) is 1. The minimum absolute atomic E-state index is 0.0292. The molecule has 3 aromatic rings. The molecule has 0 amide bonds. The highest BCUT2D eigenvalue weighted by Gasteiger charge is 2.19. The Hall–Kier alpha value is -2.16. The van der Waals surface area contributed by atoms with Crippen molar-refractivity contribution in [1.29, 1.82) is 0 Å².